The van der Waals surface area contributed by atoms with Crippen LogP contribution in [0.5, 0.6) is 0 Å². The Kier molecular flexibility index (Phi) is 5.65. The van der Waals surface area contributed by atoms with Gasteiger partial charge in [0.05, 0.1) is 19.3 Å². The van der Waals surface area contributed by atoms with Gasteiger partial charge >= 0.3 is 0 Å². The maximum Gasteiger partial charge on any atom is 0.279 e. The van der Waals surface area contributed by atoms with Crippen LogP contribution >= 0.6 is 0 Å². The van der Waals surface area contributed by atoms with Crippen molar-refractivity contribution in [3.8, 4) is 0 Å². The fourth-order valence-electron chi connectivity index (χ4n) is 2.58. The number of nitrogens with zero attached hydrogens (tertiary/aromatic N) is 2. The Morgan fingerprint density at radius 1 is 1.24 bits per heavy atom. The molecule has 8 heteroatoms. The van der Waals surface area contributed by atoms with Gasteiger partial charge in [0, 0.05) is 25.9 Å². The molecule has 0 spiro atoms. The maximum atomic E-state index is 11.8. The fourth-order valence-corrected chi connectivity index (χ4v) is 2.58. The maximum absolute atomic E-state index is 11.8. The molecule has 0 aliphatic carbocycles. The highest BCUT2D eigenvalue weighted by Crippen LogP contribution is 2.14. The Labute approximate surface area is 124 Å². The van der Waals surface area contributed by atoms with Crippen molar-refractivity contribution in [2.45, 2.75) is 39.1 Å². The highest BCUT2D eigenvalue weighted by molar-refractivity contribution is 6.00. The molecular weight excluding hydrogens is 276 g/mol. The predicted molar refractivity (Wildman–Crippen MR) is 73.5 cm³/mol. The number of carbonyl (C=O) groups is 2. The van der Waals surface area contributed by atoms with E-state index in [4.69, 9.17) is 15.3 Å². The molecule has 2 atom stereocenters. The molecule has 0 radical (unpaired) electrons. The number of hydrogen-bond donors (Lipinski definition) is 2. The van der Waals surface area contributed by atoms with Crippen molar-refractivity contribution in [1.82, 2.24) is 9.96 Å². The van der Waals surface area contributed by atoms with Crippen molar-refractivity contribution in [2.24, 2.45) is 5.73 Å². The van der Waals surface area contributed by atoms with E-state index < -0.39 is 6.35 Å². The quantitative estimate of drug-likeness (QED) is 0.431. The van der Waals surface area contributed by atoms with Gasteiger partial charge in [0.15, 0.2) is 0 Å². The summed E-state index contributed by atoms with van der Waals surface area (Å²) in [5.41, 5.74) is 5.86. The second kappa shape index (κ2) is 7.28. The van der Waals surface area contributed by atoms with Crippen LogP contribution in [0.15, 0.2) is 0 Å². The number of hydrogen-bond acceptors (Lipinski definition) is 6. The fraction of sp³-hybridized carbons (Fsp3) is 0.846. The molecule has 0 aromatic carbocycles. The van der Waals surface area contributed by atoms with Crippen molar-refractivity contribution < 1.29 is 24.1 Å². The minimum Gasteiger partial charge on any atom is -0.379 e. The zero-order valence-electron chi connectivity index (χ0n) is 12.7. The smallest absolute Gasteiger partial charge is 0.279 e. The number of nitrogens with one attached hydrogen (secondary N) is 1. The van der Waals surface area contributed by atoms with Gasteiger partial charge in [-0.25, -0.2) is 4.90 Å². The Morgan fingerprint density at radius 3 is 2.29 bits per heavy atom. The summed E-state index contributed by atoms with van der Waals surface area (Å²) in [6, 6.07) is 0.204. The summed E-state index contributed by atoms with van der Waals surface area (Å²) in [6.07, 6.45) is -0.0207. The zero-order valence-corrected chi connectivity index (χ0v) is 12.7. The summed E-state index contributed by atoms with van der Waals surface area (Å²) in [4.78, 5) is 32.4. The van der Waals surface area contributed by atoms with Gasteiger partial charge in [-0.1, -0.05) is 0 Å². The number of amides is 2. The van der Waals surface area contributed by atoms with Gasteiger partial charge in [0.2, 0.25) is 0 Å². The van der Waals surface area contributed by atoms with Crippen LogP contribution in [-0.2, 0) is 19.2 Å². The van der Waals surface area contributed by atoms with Gasteiger partial charge in [-0.2, -0.15) is 4.84 Å². The van der Waals surface area contributed by atoms with E-state index in [1.165, 1.54) is 0 Å². The molecule has 2 unspecified atom stereocenters. The lowest BCUT2D eigenvalue weighted by Gasteiger charge is -2.39. The van der Waals surface area contributed by atoms with Gasteiger partial charge in [0.1, 0.15) is 6.67 Å². The summed E-state index contributed by atoms with van der Waals surface area (Å²) >= 11 is 0. The SMILES string of the molecule is CC(C)[NH+](CN)C(ON1C(=O)CCC1=O)N1CCOCC1. The number of nitrogens with two attached hydrogens (primary N) is 1. The molecule has 0 bridgehead atoms. The summed E-state index contributed by atoms with van der Waals surface area (Å²) in [5.74, 6) is -0.559. The van der Waals surface area contributed by atoms with Crippen molar-refractivity contribution in [3.05, 3.63) is 0 Å². The van der Waals surface area contributed by atoms with E-state index in [0.717, 1.165) is 9.96 Å². The first-order valence-electron chi connectivity index (χ1n) is 7.44. The van der Waals surface area contributed by atoms with E-state index in [9.17, 15) is 9.59 Å². The number of imide groups is 1. The number of morpholine rings is 1. The molecule has 2 aliphatic rings. The standard InChI is InChI=1S/C13H24N4O4/c1-10(2)16(9-14)13(15-5-7-20-8-6-15)21-17-11(18)3-4-12(17)19/h10,13H,3-9,14H2,1-2H3/p+1. The first kappa shape index (κ1) is 16.3. The van der Waals surface area contributed by atoms with Crippen molar-refractivity contribution >= 4 is 11.8 Å². The average Bonchev–Trinajstić information content (AvgIpc) is 2.79. The highest BCUT2D eigenvalue weighted by atomic mass is 16.7. The number of ether oxygens (including phenoxy) is 1. The van der Waals surface area contributed by atoms with E-state index in [2.05, 4.69) is 4.90 Å². The molecule has 2 fully saturated rings. The predicted octanol–water partition coefficient (Wildman–Crippen LogP) is -2.11. The van der Waals surface area contributed by atoms with Crippen LogP contribution in [0.25, 0.3) is 0 Å². The van der Waals surface area contributed by atoms with E-state index in [0.29, 0.717) is 33.0 Å². The number of hydroxylamine groups is 2. The molecule has 0 aromatic rings. The van der Waals surface area contributed by atoms with Crippen LogP contribution in [0.4, 0.5) is 0 Å². The van der Waals surface area contributed by atoms with Gasteiger partial charge < -0.3 is 4.74 Å². The lowest BCUT2D eigenvalue weighted by Crippen LogP contribution is -3.22. The van der Waals surface area contributed by atoms with E-state index in [1.807, 2.05) is 13.8 Å². The van der Waals surface area contributed by atoms with Gasteiger partial charge in [0.25, 0.3) is 18.2 Å². The second-order valence-electron chi connectivity index (χ2n) is 5.62. The van der Waals surface area contributed by atoms with Gasteiger partial charge in [-0.15, -0.1) is 5.06 Å². The Hall–Kier alpha value is -1.06. The third kappa shape index (κ3) is 3.78. The van der Waals surface area contributed by atoms with Crippen LogP contribution in [0.2, 0.25) is 0 Å². The molecule has 0 saturated carbocycles. The molecule has 21 heavy (non-hydrogen) atoms. The van der Waals surface area contributed by atoms with Crippen LogP contribution in [0.1, 0.15) is 26.7 Å². The summed E-state index contributed by atoms with van der Waals surface area (Å²) in [7, 11) is 0. The second-order valence-corrected chi connectivity index (χ2v) is 5.62. The Morgan fingerprint density at radius 2 is 1.81 bits per heavy atom. The first-order chi connectivity index (χ1) is 10.0. The molecule has 120 valence electrons. The third-order valence-corrected chi connectivity index (χ3v) is 3.88. The van der Waals surface area contributed by atoms with Crippen molar-refractivity contribution in [3.63, 3.8) is 0 Å². The highest BCUT2D eigenvalue weighted by Gasteiger charge is 2.39. The monoisotopic (exact) mass is 301 g/mol. The number of rotatable bonds is 6. The number of carbonyl (C=O) groups excluding carboxylic acids is 2. The molecule has 2 amide bonds. The van der Waals surface area contributed by atoms with Crippen molar-refractivity contribution in [2.75, 3.05) is 33.0 Å². The topological polar surface area (TPSA) is 89.5 Å². The lowest BCUT2D eigenvalue weighted by molar-refractivity contribution is -0.984. The molecule has 2 aliphatic heterocycles. The van der Waals surface area contributed by atoms with Gasteiger partial charge in [-0.05, 0) is 13.8 Å². The Bertz CT molecular complexity index is 368. The minimum absolute atomic E-state index is 0.204. The largest absolute Gasteiger partial charge is 0.379 e. The first-order valence-corrected chi connectivity index (χ1v) is 7.44. The molecule has 0 aromatic heterocycles. The molecular formula is C13H25N4O4+. The van der Waals surface area contributed by atoms with Crippen LogP contribution in [0, 0.1) is 0 Å². The van der Waals surface area contributed by atoms with E-state index in [1.54, 1.807) is 0 Å². The summed E-state index contributed by atoms with van der Waals surface area (Å²) in [5, 5.41) is 0.915. The van der Waals surface area contributed by atoms with E-state index in [-0.39, 0.29) is 30.7 Å². The normalized spacial score (nSPS) is 23.9. The minimum atomic E-state index is -0.454. The summed E-state index contributed by atoms with van der Waals surface area (Å²) < 4.78 is 5.35. The van der Waals surface area contributed by atoms with Gasteiger partial charge in [-0.3, -0.25) is 20.2 Å². The molecule has 8 nitrogen and oxygen atoms in total. The zero-order chi connectivity index (χ0) is 15.4. The third-order valence-electron chi connectivity index (χ3n) is 3.88. The molecule has 3 N–H and O–H groups in total. The Balaban J connectivity index is 2.14. The lowest BCUT2D eigenvalue weighted by atomic mass is 10.3. The number of quaternary nitrogens is 1. The van der Waals surface area contributed by atoms with Crippen LogP contribution in [-0.4, -0.2) is 67.1 Å². The molecule has 2 saturated heterocycles. The molecule has 2 heterocycles. The summed E-state index contributed by atoms with van der Waals surface area (Å²) in [6.45, 7) is 7.03. The van der Waals surface area contributed by atoms with Crippen molar-refractivity contribution in [1.29, 1.82) is 0 Å². The van der Waals surface area contributed by atoms with Crippen LogP contribution < -0.4 is 10.6 Å². The van der Waals surface area contributed by atoms with Crippen LogP contribution in [0.3, 0.4) is 0 Å². The van der Waals surface area contributed by atoms with E-state index >= 15 is 0 Å². The molecule has 2 rings (SSSR count). The average molecular weight is 301 g/mol.